The van der Waals surface area contributed by atoms with Gasteiger partial charge in [-0.15, -0.1) is 0 Å². The highest BCUT2D eigenvalue weighted by Crippen LogP contribution is 2.26. The van der Waals surface area contributed by atoms with E-state index in [4.69, 9.17) is 4.74 Å². The molecule has 1 aliphatic rings. The zero-order valence-corrected chi connectivity index (χ0v) is 16.3. The van der Waals surface area contributed by atoms with Crippen LogP contribution in [0.4, 0.5) is 22.0 Å². The van der Waals surface area contributed by atoms with Gasteiger partial charge in [-0.3, -0.25) is 9.48 Å². The van der Waals surface area contributed by atoms with Gasteiger partial charge in [0.1, 0.15) is 18.1 Å². The molecule has 30 heavy (non-hydrogen) atoms. The number of halogens is 5. The van der Waals surface area contributed by atoms with Gasteiger partial charge in [0.25, 0.3) is 5.91 Å². The van der Waals surface area contributed by atoms with Crippen LogP contribution in [-0.4, -0.2) is 52.1 Å². The van der Waals surface area contributed by atoms with Crippen molar-refractivity contribution >= 4 is 5.91 Å². The molecule has 1 aromatic carbocycles. The number of rotatable bonds is 8. The minimum absolute atomic E-state index is 0.0871. The molecule has 2 heterocycles. The lowest BCUT2D eigenvalue weighted by Crippen LogP contribution is -2.37. The van der Waals surface area contributed by atoms with Crippen LogP contribution in [0.25, 0.3) is 0 Å². The molecule has 1 unspecified atom stereocenters. The van der Waals surface area contributed by atoms with Gasteiger partial charge in [-0.25, -0.2) is 13.2 Å². The number of likely N-dealkylation sites (tertiary alicyclic amines) is 1. The maximum Gasteiger partial charge on any atom is 0.330 e. The molecule has 1 aliphatic heterocycles. The Balaban J connectivity index is 1.71. The van der Waals surface area contributed by atoms with E-state index in [1.54, 1.807) is 30.1 Å². The molecule has 0 N–H and O–H groups in total. The Morgan fingerprint density at radius 3 is 2.77 bits per heavy atom. The van der Waals surface area contributed by atoms with E-state index in [0.29, 0.717) is 24.9 Å². The molecule has 2 aromatic rings. The first kappa shape index (κ1) is 22.2. The fourth-order valence-corrected chi connectivity index (χ4v) is 3.55. The molecule has 5 nitrogen and oxygen atoms in total. The van der Waals surface area contributed by atoms with Crippen LogP contribution in [0.15, 0.2) is 30.5 Å². The number of amides is 1. The van der Waals surface area contributed by atoms with E-state index in [0.717, 1.165) is 6.42 Å². The Hall–Kier alpha value is -2.49. The van der Waals surface area contributed by atoms with Gasteiger partial charge in [-0.05, 0) is 30.9 Å². The minimum atomic E-state index is -4.28. The second-order valence-electron chi connectivity index (χ2n) is 7.31. The lowest BCUT2D eigenvalue weighted by atomic mass is 10.0. The van der Waals surface area contributed by atoms with E-state index in [1.165, 1.54) is 16.9 Å². The lowest BCUT2D eigenvalue weighted by Gasteiger charge is -2.25. The van der Waals surface area contributed by atoms with Crippen LogP contribution in [0.5, 0.6) is 0 Å². The number of nitrogens with zero attached hydrogens (tertiary/aromatic N) is 3. The minimum Gasteiger partial charge on any atom is -0.369 e. The number of carbonyl (C=O) groups is 1. The first-order valence-corrected chi connectivity index (χ1v) is 9.49. The highest BCUT2D eigenvalue weighted by molar-refractivity contribution is 5.95. The highest BCUT2D eigenvalue weighted by atomic mass is 19.3. The van der Waals surface area contributed by atoms with Crippen LogP contribution in [-0.2, 0) is 24.8 Å². The van der Waals surface area contributed by atoms with E-state index in [1.807, 2.05) is 0 Å². The smallest absolute Gasteiger partial charge is 0.330 e. The molecule has 1 atom stereocenters. The van der Waals surface area contributed by atoms with Crippen molar-refractivity contribution in [2.75, 3.05) is 13.2 Å². The Kier molecular flexibility index (Phi) is 6.74. The monoisotopic (exact) mass is 431 g/mol. The molecule has 3 rings (SSSR count). The van der Waals surface area contributed by atoms with Crippen molar-refractivity contribution in [3.05, 3.63) is 53.1 Å². The maximum absolute atomic E-state index is 14.0. The quantitative estimate of drug-likeness (QED) is 0.597. The third-order valence-electron chi connectivity index (χ3n) is 5.04. The highest BCUT2D eigenvalue weighted by Gasteiger charge is 2.41. The summed E-state index contributed by atoms with van der Waals surface area (Å²) in [5.41, 5.74) is 0.744. The average molecular weight is 431 g/mol. The van der Waals surface area contributed by atoms with Gasteiger partial charge in [0, 0.05) is 25.8 Å². The number of aromatic nitrogens is 2. The van der Waals surface area contributed by atoms with Crippen molar-refractivity contribution in [1.29, 1.82) is 0 Å². The Bertz CT molecular complexity index is 887. The first-order chi connectivity index (χ1) is 14.2. The third-order valence-corrected chi connectivity index (χ3v) is 5.04. The summed E-state index contributed by atoms with van der Waals surface area (Å²) in [6.45, 7) is -1.51. The summed E-state index contributed by atoms with van der Waals surface area (Å²) < 4.78 is 70.7. The number of alkyl halides is 4. The molecule has 0 aliphatic carbocycles. The summed E-state index contributed by atoms with van der Waals surface area (Å²) in [7, 11) is 1.55. The van der Waals surface area contributed by atoms with Crippen molar-refractivity contribution in [1.82, 2.24) is 14.7 Å². The molecule has 164 valence electrons. The molecule has 1 saturated heterocycles. The standard InChI is InChI=1S/C20H22F5N3O2/c1-27-10-15(17(26-27)11-30-12-20(24,25)19(22)23)18(29)28-8-4-6-14(28)9-13-5-2-3-7-16(13)21/h2-3,5,7,10,14,19H,4,6,8-9,11-12H2,1H3. The molecular formula is C20H22F5N3O2. The molecule has 1 amide bonds. The molecule has 0 radical (unpaired) electrons. The van der Waals surface area contributed by atoms with E-state index in [2.05, 4.69) is 5.10 Å². The number of hydrogen-bond acceptors (Lipinski definition) is 3. The van der Waals surface area contributed by atoms with Crippen molar-refractivity contribution < 1.29 is 31.5 Å². The maximum atomic E-state index is 14.0. The zero-order valence-electron chi connectivity index (χ0n) is 16.3. The summed E-state index contributed by atoms with van der Waals surface area (Å²) in [6.07, 6.45) is -0.605. The first-order valence-electron chi connectivity index (χ1n) is 9.49. The van der Waals surface area contributed by atoms with E-state index in [9.17, 15) is 26.7 Å². The second-order valence-corrected chi connectivity index (χ2v) is 7.31. The van der Waals surface area contributed by atoms with Gasteiger partial charge in [-0.2, -0.15) is 13.9 Å². The van der Waals surface area contributed by atoms with Crippen molar-refractivity contribution in [2.45, 2.75) is 44.3 Å². The Labute approximate surface area is 170 Å². The number of aryl methyl sites for hydroxylation is 1. The van der Waals surface area contributed by atoms with Crippen LogP contribution in [0.2, 0.25) is 0 Å². The molecule has 1 aromatic heterocycles. The number of hydrogen-bond donors (Lipinski definition) is 0. The van der Waals surface area contributed by atoms with Gasteiger partial charge in [0.15, 0.2) is 0 Å². The molecule has 0 saturated carbocycles. The van der Waals surface area contributed by atoms with Gasteiger partial charge in [0.05, 0.1) is 12.2 Å². The van der Waals surface area contributed by atoms with Crippen LogP contribution >= 0.6 is 0 Å². The fraction of sp³-hybridized carbons (Fsp3) is 0.500. The molecule has 0 spiro atoms. The third kappa shape index (κ3) is 4.97. The Morgan fingerprint density at radius 1 is 1.33 bits per heavy atom. The topological polar surface area (TPSA) is 47.4 Å². The van der Waals surface area contributed by atoms with E-state index >= 15 is 0 Å². The zero-order chi connectivity index (χ0) is 21.9. The molecule has 0 bridgehead atoms. The fourth-order valence-electron chi connectivity index (χ4n) is 3.55. The van der Waals surface area contributed by atoms with Crippen LogP contribution in [0.3, 0.4) is 0 Å². The molecule has 1 fully saturated rings. The summed E-state index contributed by atoms with van der Waals surface area (Å²) in [5.74, 6) is -4.99. The average Bonchev–Trinajstić information content (AvgIpc) is 3.29. The summed E-state index contributed by atoms with van der Waals surface area (Å²) in [6, 6.07) is 6.14. The number of benzene rings is 1. The summed E-state index contributed by atoms with van der Waals surface area (Å²) >= 11 is 0. The van der Waals surface area contributed by atoms with Crippen molar-refractivity contribution in [3.8, 4) is 0 Å². The second kappa shape index (κ2) is 9.11. The van der Waals surface area contributed by atoms with Crippen molar-refractivity contribution in [2.24, 2.45) is 7.05 Å². The predicted molar refractivity (Wildman–Crippen MR) is 98.0 cm³/mol. The van der Waals surface area contributed by atoms with Gasteiger partial charge >= 0.3 is 12.3 Å². The summed E-state index contributed by atoms with van der Waals surface area (Å²) in [5, 5.41) is 4.04. The van der Waals surface area contributed by atoms with E-state index in [-0.39, 0.29) is 29.0 Å². The van der Waals surface area contributed by atoms with Gasteiger partial charge < -0.3 is 9.64 Å². The lowest BCUT2D eigenvalue weighted by molar-refractivity contribution is -0.168. The van der Waals surface area contributed by atoms with Crippen LogP contribution < -0.4 is 0 Å². The van der Waals surface area contributed by atoms with Crippen molar-refractivity contribution in [3.63, 3.8) is 0 Å². The molecular weight excluding hydrogens is 409 g/mol. The Morgan fingerprint density at radius 2 is 2.07 bits per heavy atom. The van der Waals surface area contributed by atoms with Gasteiger partial charge in [-0.1, -0.05) is 18.2 Å². The largest absolute Gasteiger partial charge is 0.369 e. The normalized spacial score (nSPS) is 17.2. The number of ether oxygens (including phenoxy) is 1. The van der Waals surface area contributed by atoms with Crippen LogP contribution in [0.1, 0.15) is 34.5 Å². The SMILES string of the molecule is Cn1cc(C(=O)N2CCCC2Cc2ccccc2F)c(COCC(F)(F)C(F)F)n1. The predicted octanol–water partition coefficient (Wildman–Crippen LogP) is 3.82. The summed E-state index contributed by atoms with van der Waals surface area (Å²) in [4.78, 5) is 14.7. The van der Waals surface area contributed by atoms with Gasteiger partial charge in [0.2, 0.25) is 0 Å². The van der Waals surface area contributed by atoms with E-state index < -0.39 is 25.6 Å². The number of carbonyl (C=O) groups excluding carboxylic acids is 1. The molecule has 10 heteroatoms. The van der Waals surface area contributed by atoms with Crippen LogP contribution in [0, 0.1) is 5.82 Å².